The molecule has 0 amide bonds. The lowest BCUT2D eigenvalue weighted by molar-refractivity contribution is -0.432. The summed E-state index contributed by atoms with van der Waals surface area (Å²) in [4.78, 5) is 19.1. The Morgan fingerprint density at radius 1 is 1.20 bits per heavy atom. The van der Waals surface area contributed by atoms with Crippen molar-refractivity contribution in [3.05, 3.63) is 62.6 Å². The molecule has 0 aliphatic carbocycles. The highest BCUT2D eigenvalue weighted by atomic mass is 32.2. The van der Waals surface area contributed by atoms with Gasteiger partial charge in [0, 0.05) is 4.90 Å². The van der Waals surface area contributed by atoms with Crippen LogP contribution in [0.3, 0.4) is 0 Å². The van der Waals surface area contributed by atoms with Crippen molar-refractivity contribution in [2.75, 3.05) is 0 Å². The second kappa shape index (κ2) is 10.3. The number of hydrogen-bond acceptors (Lipinski definition) is 12. The number of nitrogens with zero attached hydrogens (tertiary/aromatic N) is 6. The van der Waals surface area contributed by atoms with Crippen molar-refractivity contribution in [2.45, 2.75) is 23.6 Å². The second-order valence-corrected chi connectivity index (χ2v) is 9.38. The van der Waals surface area contributed by atoms with Crippen LogP contribution in [-0.2, 0) is 19.5 Å². The van der Waals surface area contributed by atoms with Crippen LogP contribution < -0.4 is 5.56 Å². The number of aromatic nitrogens is 2. The molecular formula is C18H12N6O8S3. The van der Waals surface area contributed by atoms with Crippen molar-refractivity contribution in [3.63, 3.8) is 0 Å². The molecule has 0 unspecified atom stereocenters. The van der Waals surface area contributed by atoms with E-state index < -0.39 is 43.5 Å². The van der Waals surface area contributed by atoms with Gasteiger partial charge in [0.1, 0.15) is 10.6 Å². The summed E-state index contributed by atoms with van der Waals surface area (Å²) in [6.07, 6.45) is 0. The predicted molar refractivity (Wildman–Crippen MR) is 122 cm³/mol. The fourth-order valence-electron chi connectivity index (χ4n) is 2.86. The zero-order valence-corrected chi connectivity index (χ0v) is 20.0. The lowest BCUT2D eigenvalue weighted by Crippen LogP contribution is -2.21. The standard InChI is InChI=1S/C18H12N6O8S3/c1-8-13(19-3)17(25)24(11-7-10(34-32-31-27)5-6-12(11)35(28,29)30)18(26)14(8)21-22-16-15(20-4)9(2)23-33-16/h5-7,25,27H,1-2H3,(H,28,29,30). The molecule has 3 rings (SSSR count). The van der Waals surface area contributed by atoms with Crippen LogP contribution in [0.5, 0.6) is 5.88 Å². The van der Waals surface area contributed by atoms with Crippen LogP contribution in [0.2, 0.25) is 0 Å². The Hall–Kier alpha value is -3.68. The highest BCUT2D eigenvalue weighted by Crippen LogP contribution is 2.40. The molecule has 0 fully saturated rings. The Kier molecular flexibility index (Phi) is 7.63. The molecule has 0 aliphatic rings. The molecule has 0 saturated carbocycles. The summed E-state index contributed by atoms with van der Waals surface area (Å²) in [6, 6.07) is 3.07. The SMILES string of the molecule is [C-]#[N+]c1c(C)nsc1N=Nc1c(C)c([N+]#[C-])c(O)n(-c2cc(SOOO)ccc2S(=O)(=O)O)c1=O. The van der Waals surface area contributed by atoms with E-state index in [0.717, 1.165) is 29.7 Å². The average Bonchev–Trinajstić information content (AvgIpc) is 3.16. The van der Waals surface area contributed by atoms with Crippen molar-refractivity contribution in [1.82, 2.24) is 8.94 Å². The summed E-state index contributed by atoms with van der Waals surface area (Å²) in [5, 5.41) is 30.4. The Balaban J connectivity index is 2.36. The largest absolute Gasteiger partial charge is 0.502 e. The van der Waals surface area contributed by atoms with Gasteiger partial charge in [-0.25, -0.2) is 19.3 Å². The van der Waals surface area contributed by atoms with Crippen molar-refractivity contribution in [1.29, 1.82) is 0 Å². The maximum atomic E-state index is 13.4. The van der Waals surface area contributed by atoms with Gasteiger partial charge in [0.15, 0.2) is 5.00 Å². The van der Waals surface area contributed by atoms with E-state index in [4.69, 9.17) is 18.4 Å². The highest BCUT2D eigenvalue weighted by molar-refractivity contribution is 7.94. The van der Waals surface area contributed by atoms with E-state index in [-0.39, 0.29) is 21.1 Å². The average molecular weight is 537 g/mol. The van der Waals surface area contributed by atoms with E-state index in [2.05, 4.69) is 33.7 Å². The zero-order chi connectivity index (χ0) is 25.9. The first-order chi connectivity index (χ1) is 16.5. The molecule has 3 aromatic rings. The molecule has 3 N–H and O–H groups in total. The molecule has 2 heterocycles. The zero-order valence-electron chi connectivity index (χ0n) is 17.5. The number of hydrogen-bond donors (Lipinski definition) is 3. The van der Waals surface area contributed by atoms with Gasteiger partial charge < -0.3 is 5.11 Å². The van der Waals surface area contributed by atoms with E-state index in [1.54, 1.807) is 6.92 Å². The van der Waals surface area contributed by atoms with Crippen LogP contribution in [0.25, 0.3) is 15.4 Å². The number of azo groups is 1. The number of aromatic hydroxyl groups is 1. The lowest BCUT2D eigenvalue weighted by atomic mass is 10.2. The van der Waals surface area contributed by atoms with E-state index in [1.165, 1.54) is 6.92 Å². The molecule has 0 saturated heterocycles. The summed E-state index contributed by atoms with van der Waals surface area (Å²) in [5.74, 6) is -0.927. The van der Waals surface area contributed by atoms with Gasteiger partial charge in [-0.15, -0.1) is 14.6 Å². The first kappa shape index (κ1) is 25.9. The minimum absolute atomic E-state index is 0.0657. The maximum Gasteiger partial charge on any atom is 0.296 e. The van der Waals surface area contributed by atoms with Gasteiger partial charge in [-0.3, -0.25) is 13.9 Å². The van der Waals surface area contributed by atoms with Gasteiger partial charge in [-0.1, -0.05) is 5.04 Å². The van der Waals surface area contributed by atoms with Crippen LogP contribution in [0.15, 0.2) is 43.0 Å². The molecule has 1 aromatic carbocycles. The Bertz CT molecular complexity index is 1600. The normalized spacial score (nSPS) is 11.5. The Morgan fingerprint density at radius 3 is 2.49 bits per heavy atom. The summed E-state index contributed by atoms with van der Waals surface area (Å²) < 4.78 is 42.4. The number of pyridine rings is 1. The molecule has 0 aliphatic heterocycles. The third kappa shape index (κ3) is 5.06. The first-order valence-electron chi connectivity index (χ1n) is 8.93. The topological polar surface area (TPSA) is 182 Å². The fourth-order valence-corrected chi connectivity index (χ4v) is 4.58. The summed E-state index contributed by atoms with van der Waals surface area (Å²) in [7, 11) is -4.93. The smallest absolute Gasteiger partial charge is 0.296 e. The van der Waals surface area contributed by atoms with Crippen LogP contribution in [0.4, 0.5) is 22.1 Å². The minimum Gasteiger partial charge on any atom is -0.502 e. The third-order valence-electron chi connectivity index (χ3n) is 4.43. The Morgan fingerprint density at radius 2 is 1.89 bits per heavy atom. The summed E-state index contributed by atoms with van der Waals surface area (Å²) in [6.45, 7) is 17.6. The second-order valence-electron chi connectivity index (χ2n) is 6.46. The van der Waals surface area contributed by atoms with E-state index in [1.807, 2.05) is 0 Å². The van der Waals surface area contributed by atoms with E-state index in [0.29, 0.717) is 22.3 Å². The van der Waals surface area contributed by atoms with Gasteiger partial charge in [0.05, 0.1) is 36.6 Å². The van der Waals surface area contributed by atoms with Crippen LogP contribution >= 0.6 is 23.6 Å². The van der Waals surface area contributed by atoms with Crippen molar-refractivity contribution >= 4 is 55.8 Å². The van der Waals surface area contributed by atoms with Gasteiger partial charge in [-0.05, 0) is 49.1 Å². The number of rotatable bonds is 7. The summed E-state index contributed by atoms with van der Waals surface area (Å²) >= 11 is 1.27. The molecule has 0 bridgehead atoms. The molecule has 180 valence electrons. The third-order valence-corrected chi connectivity index (χ3v) is 6.72. The number of benzene rings is 1. The quantitative estimate of drug-likeness (QED) is 0.0946. The Labute approximate surface area is 205 Å². The van der Waals surface area contributed by atoms with Crippen molar-refractivity contribution in [3.8, 4) is 11.6 Å². The highest BCUT2D eigenvalue weighted by Gasteiger charge is 2.26. The lowest BCUT2D eigenvalue weighted by Gasteiger charge is -2.16. The summed E-state index contributed by atoms with van der Waals surface area (Å²) in [5.41, 5.74) is -2.08. The first-order valence-corrected chi connectivity index (χ1v) is 11.9. The molecule has 17 heteroatoms. The molecular weight excluding hydrogens is 524 g/mol. The minimum atomic E-state index is -4.93. The van der Waals surface area contributed by atoms with Crippen molar-refractivity contribution in [2.24, 2.45) is 10.2 Å². The fraction of sp³-hybridized carbons (Fsp3) is 0.111. The number of aryl methyl sites for hydroxylation is 1. The molecule has 0 atom stereocenters. The maximum absolute atomic E-state index is 13.4. The van der Waals surface area contributed by atoms with Gasteiger partial charge >= 0.3 is 0 Å². The molecule has 0 spiro atoms. The van der Waals surface area contributed by atoms with E-state index in [9.17, 15) is 22.9 Å². The van der Waals surface area contributed by atoms with Crippen LogP contribution in [0, 0.1) is 27.0 Å². The van der Waals surface area contributed by atoms with Gasteiger partial charge in [0.2, 0.25) is 11.6 Å². The van der Waals surface area contributed by atoms with Crippen LogP contribution in [-0.4, -0.2) is 32.3 Å². The van der Waals surface area contributed by atoms with Crippen LogP contribution in [0.1, 0.15) is 11.3 Å². The molecule has 0 radical (unpaired) electrons. The van der Waals surface area contributed by atoms with E-state index >= 15 is 0 Å². The van der Waals surface area contributed by atoms with Gasteiger partial charge in [-0.2, -0.15) is 8.42 Å². The van der Waals surface area contributed by atoms with Gasteiger partial charge in [0.25, 0.3) is 21.4 Å². The molecule has 35 heavy (non-hydrogen) atoms. The van der Waals surface area contributed by atoms with Crippen molar-refractivity contribution < 1.29 is 32.7 Å². The molecule has 14 nitrogen and oxygen atoms in total. The predicted octanol–water partition coefficient (Wildman–Crippen LogP) is 4.81. The monoisotopic (exact) mass is 536 g/mol. The molecule has 2 aromatic heterocycles.